The standard InChI is InChI=1S/C15H13ClINO7/c16-6-4-7(17)12(8-5(6)2-1-3-18-8)24-15(23)13-10(20)9(19)11(21)14(22)25-13/h1-4,9-11,13-14,19-22H/t9-,10-,11+,13-,14+/m0/s1. The monoisotopic (exact) mass is 481 g/mol. The summed E-state index contributed by atoms with van der Waals surface area (Å²) in [6.45, 7) is 0. The van der Waals surface area contributed by atoms with Crippen LogP contribution in [0.4, 0.5) is 0 Å². The molecule has 3 rings (SSSR count). The molecular weight excluding hydrogens is 469 g/mol. The van der Waals surface area contributed by atoms with Crippen molar-refractivity contribution in [2.45, 2.75) is 30.7 Å². The van der Waals surface area contributed by atoms with Crippen LogP contribution in [0.2, 0.25) is 5.02 Å². The summed E-state index contributed by atoms with van der Waals surface area (Å²) in [7, 11) is 0. The van der Waals surface area contributed by atoms with Gasteiger partial charge in [0.25, 0.3) is 0 Å². The van der Waals surface area contributed by atoms with Gasteiger partial charge in [-0.1, -0.05) is 11.6 Å². The van der Waals surface area contributed by atoms with Crippen molar-refractivity contribution >= 4 is 51.1 Å². The summed E-state index contributed by atoms with van der Waals surface area (Å²) in [5, 5.41) is 39.6. The second kappa shape index (κ2) is 7.27. The Bertz CT molecular complexity index is 820. The van der Waals surface area contributed by atoms with E-state index in [0.717, 1.165) is 0 Å². The lowest BCUT2D eigenvalue weighted by molar-refractivity contribution is -0.279. The zero-order valence-electron chi connectivity index (χ0n) is 12.4. The average molecular weight is 482 g/mol. The quantitative estimate of drug-likeness (QED) is 0.272. The molecule has 4 N–H and O–H groups in total. The summed E-state index contributed by atoms with van der Waals surface area (Å²) >= 11 is 8.06. The van der Waals surface area contributed by atoms with Gasteiger partial charge < -0.3 is 29.9 Å². The summed E-state index contributed by atoms with van der Waals surface area (Å²) in [4.78, 5) is 16.5. The summed E-state index contributed by atoms with van der Waals surface area (Å²) in [5.74, 6) is -0.943. The maximum absolute atomic E-state index is 12.4. The fourth-order valence-corrected chi connectivity index (χ4v) is 3.58. The van der Waals surface area contributed by atoms with Gasteiger partial charge in [0.15, 0.2) is 18.1 Å². The Morgan fingerprint density at radius 1 is 1.24 bits per heavy atom. The predicted octanol–water partition coefficient (Wildman–Crippen LogP) is 0.198. The summed E-state index contributed by atoms with van der Waals surface area (Å²) in [5.41, 5.74) is 0.333. The lowest BCUT2D eigenvalue weighted by Gasteiger charge is -2.36. The van der Waals surface area contributed by atoms with Crippen LogP contribution >= 0.6 is 34.2 Å². The normalized spacial score (nSPS) is 29.6. The van der Waals surface area contributed by atoms with Gasteiger partial charge in [0, 0.05) is 11.6 Å². The topological polar surface area (TPSA) is 129 Å². The highest BCUT2D eigenvalue weighted by atomic mass is 127. The minimum Gasteiger partial charge on any atom is -0.421 e. The highest BCUT2D eigenvalue weighted by molar-refractivity contribution is 14.1. The molecule has 1 aliphatic rings. The van der Waals surface area contributed by atoms with Crippen LogP contribution in [0.15, 0.2) is 24.4 Å². The Hall–Kier alpha value is -1.08. The van der Waals surface area contributed by atoms with E-state index in [-0.39, 0.29) is 5.75 Å². The van der Waals surface area contributed by atoms with Crippen LogP contribution in [0.1, 0.15) is 0 Å². The largest absolute Gasteiger partial charge is 0.421 e. The molecule has 0 amide bonds. The third-order valence-corrected chi connectivity index (χ3v) is 4.89. The maximum atomic E-state index is 12.4. The highest BCUT2D eigenvalue weighted by Crippen LogP contribution is 2.35. The highest BCUT2D eigenvalue weighted by Gasteiger charge is 2.47. The van der Waals surface area contributed by atoms with E-state index in [4.69, 9.17) is 21.1 Å². The number of carbonyl (C=O) groups excluding carboxylic acids is 1. The first-order chi connectivity index (χ1) is 11.8. The van der Waals surface area contributed by atoms with Crippen molar-refractivity contribution in [2.24, 2.45) is 0 Å². The second-order valence-corrected chi connectivity index (χ2v) is 6.98. The van der Waals surface area contributed by atoms with Crippen molar-refractivity contribution < 1.29 is 34.7 Å². The van der Waals surface area contributed by atoms with E-state index >= 15 is 0 Å². The first-order valence-electron chi connectivity index (χ1n) is 7.13. The number of aliphatic hydroxyl groups excluding tert-OH is 4. The van der Waals surface area contributed by atoms with Gasteiger partial charge in [-0.2, -0.15) is 0 Å². The van der Waals surface area contributed by atoms with Gasteiger partial charge in [-0.3, -0.25) is 4.98 Å². The van der Waals surface area contributed by atoms with Crippen molar-refractivity contribution in [2.75, 3.05) is 0 Å². The molecule has 0 spiro atoms. The molecule has 0 unspecified atom stereocenters. The van der Waals surface area contributed by atoms with Crippen molar-refractivity contribution in [1.82, 2.24) is 4.98 Å². The molecule has 0 radical (unpaired) electrons. The van der Waals surface area contributed by atoms with Gasteiger partial charge in [0.2, 0.25) is 0 Å². The van der Waals surface area contributed by atoms with Crippen LogP contribution in [-0.4, -0.2) is 62.1 Å². The Kier molecular flexibility index (Phi) is 5.44. The van der Waals surface area contributed by atoms with Crippen molar-refractivity contribution in [3.63, 3.8) is 0 Å². The maximum Gasteiger partial charge on any atom is 0.343 e. The molecular formula is C15H13ClINO7. The molecule has 1 saturated heterocycles. The zero-order chi connectivity index (χ0) is 18.3. The van der Waals surface area contributed by atoms with Crippen LogP contribution in [-0.2, 0) is 9.53 Å². The number of carbonyl (C=O) groups is 1. The number of halogens is 2. The molecule has 10 heteroatoms. The van der Waals surface area contributed by atoms with Crippen molar-refractivity contribution in [3.05, 3.63) is 33.0 Å². The number of hydrogen-bond donors (Lipinski definition) is 4. The lowest BCUT2D eigenvalue weighted by Crippen LogP contribution is -2.60. The molecule has 1 aromatic carbocycles. The number of hydrogen-bond acceptors (Lipinski definition) is 8. The number of aliphatic hydroxyl groups is 4. The molecule has 1 aliphatic heterocycles. The molecule has 8 nitrogen and oxygen atoms in total. The SMILES string of the molecule is O=C(Oc1c(I)cc(Cl)c2cccnc12)[C@H]1O[C@@H](O)[C@H](O)[C@@H](O)[C@@H]1O. The fourth-order valence-electron chi connectivity index (χ4n) is 2.46. The van der Waals surface area contributed by atoms with Crippen molar-refractivity contribution in [1.29, 1.82) is 0 Å². The smallest absolute Gasteiger partial charge is 0.343 e. The molecule has 5 atom stereocenters. The van der Waals surface area contributed by atoms with Gasteiger partial charge in [-0.05, 0) is 40.8 Å². The van der Waals surface area contributed by atoms with E-state index in [0.29, 0.717) is 19.5 Å². The Morgan fingerprint density at radius 3 is 2.68 bits per heavy atom. The van der Waals surface area contributed by atoms with Gasteiger partial charge >= 0.3 is 5.97 Å². The van der Waals surface area contributed by atoms with E-state index in [1.54, 1.807) is 18.2 Å². The summed E-state index contributed by atoms with van der Waals surface area (Å²) in [6.07, 6.45) is -7.29. The summed E-state index contributed by atoms with van der Waals surface area (Å²) in [6, 6.07) is 4.96. The predicted molar refractivity (Wildman–Crippen MR) is 94.0 cm³/mol. The average Bonchev–Trinajstić information content (AvgIpc) is 2.59. The molecule has 0 bridgehead atoms. The molecule has 0 saturated carbocycles. The number of aromatic nitrogens is 1. The fraction of sp³-hybridized carbons (Fsp3) is 0.333. The molecule has 2 aromatic rings. The molecule has 2 heterocycles. The van der Waals surface area contributed by atoms with E-state index in [2.05, 4.69) is 4.98 Å². The third-order valence-electron chi connectivity index (χ3n) is 3.77. The second-order valence-electron chi connectivity index (χ2n) is 5.41. The van der Waals surface area contributed by atoms with E-state index < -0.39 is 36.7 Å². The number of fused-ring (bicyclic) bond motifs is 1. The van der Waals surface area contributed by atoms with Crippen LogP contribution < -0.4 is 4.74 Å². The molecule has 1 fully saturated rings. The van der Waals surface area contributed by atoms with Crippen LogP contribution in [0.3, 0.4) is 0 Å². The Balaban J connectivity index is 1.93. The number of nitrogens with zero attached hydrogens (tertiary/aromatic N) is 1. The Labute approximate surface area is 160 Å². The molecule has 134 valence electrons. The Morgan fingerprint density at radius 2 is 1.96 bits per heavy atom. The number of rotatable bonds is 2. The summed E-state index contributed by atoms with van der Waals surface area (Å²) < 4.78 is 10.7. The number of benzene rings is 1. The van der Waals surface area contributed by atoms with E-state index in [9.17, 15) is 25.2 Å². The van der Waals surface area contributed by atoms with Gasteiger partial charge in [-0.25, -0.2) is 4.79 Å². The van der Waals surface area contributed by atoms with Crippen LogP contribution in [0, 0.1) is 3.57 Å². The number of esters is 1. The lowest BCUT2D eigenvalue weighted by atomic mass is 9.99. The molecule has 1 aromatic heterocycles. The molecule has 25 heavy (non-hydrogen) atoms. The third kappa shape index (κ3) is 3.45. The molecule has 0 aliphatic carbocycles. The number of ether oxygens (including phenoxy) is 2. The zero-order valence-corrected chi connectivity index (χ0v) is 15.3. The van der Waals surface area contributed by atoms with Crippen LogP contribution in [0.5, 0.6) is 5.75 Å². The van der Waals surface area contributed by atoms with Crippen LogP contribution in [0.25, 0.3) is 10.9 Å². The first-order valence-corrected chi connectivity index (χ1v) is 8.59. The minimum absolute atomic E-state index is 0.108. The van der Waals surface area contributed by atoms with E-state index in [1.165, 1.54) is 6.20 Å². The van der Waals surface area contributed by atoms with Crippen molar-refractivity contribution in [3.8, 4) is 5.75 Å². The minimum atomic E-state index is -1.84. The van der Waals surface area contributed by atoms with E-state index in [1.807, 2.05) is 22.6 Å². The van der Waals surface area contributed by atoms with Gasteiger partial charge in [-0.15, -0.1) is 0 Å². The first kappa shape index (κ1) is 18.7. The number of pyridine rings is 1. The van der Waals surface area contributed by atoms with Gasteiger partial charge in [0.1, 0.15) is 23.8 Å². The van der Waals surface area contributed by atoms with Gasteiger partial charge in [0.05, 0.1) is 8.59 Å².